The molecular weight excluding hydrogens is 520 g/mol. The Morgan fingerprint density at radius 3 is 1.60 bits per heavy atom. The van der Waals surface area contributed by atoms with E-state index in [-0.39, 0.29) is 24.2 Å². The Kier molecular flexibility index (Phi) is 4.45. The SMILES string of the molecule is [2H]c1c([2H])c([2H])c2cc3c(cc2c1[2H])oc1c(-c2c4ccccc4c(-c4ccccc4-c4ccccc4)c4ccccc24)cccc13. The number of fused-ring (bicyclic) bond motifs is 6. The van der Waals surface area contributed by atoms with Gasteiger partial charge in [-0.1, -0.05) is 145 Å². The zero-order valence-electron chi connectivity index (χ0n) is 27.1. The third-order valence-electron chi connectivity index (χ3n) is 8.58. The molecule has 200 valence electrons. The smallest absolute Gasteiger partial charge is 0.143 e. The van der Waals surface area contributed by atoms with Gasteiger partial charge in [-0.25, -0.2) is 0 Å². The number of benzene rings is 8. The van der Waals surface area contributed by atoms with Gasteiger partial charge in [0.25, 0.3) is 0 Å². The maximum absolute atomic E-state index is 8.56. The van der Waals surface area contributed by atoms with Gasteiger partial charge in [-0.05, 0) is 66.7 Å². The highest BCUT2D eigenvalue weighted by molar-refractivity contribution is 6.25. The molecule has 0 radical (unpaired) electrons. The van der Waals surface area contributed by atoms with Gasteiger partial charge in [-0.3, -0.25) is 0 Å². The second-order valence-electron chi connectivity index (χ2n) is 10.9. The summed E-state index contributed by atoms with van der Waals surface area (Å²) in [5.41, 5.74) is 8.05. The van der Waals surface area contributed by atoms with Gasteiger partial charge < -0.3 is 4.42 Å². The molecule has 1 heterocycles. The lowest BCUT2D eigenvalue weighted by Gasteiger charge is -2.19. The largest absolute Gasteiger partial charge is 0.455 e. The summed E-state index contributed by atoms with van der Waals surface area (Å²) in [6, 6.07) is 45.5. The summed E-state index contributed by atoms with van der Waals surface area (Å²) in [4.78, 5) is 0. The van der Waals surface area contributed by atoms with E-state index < -0.39 is 0 Å². The van der Waals surface area contributed by atoms with Crippen molar-refractivity contribution in [3.05, 3.63) is 158 Å². The summed E-state index contributed by atoms with van der Waals surface area (Å²) in [5, 5.41) is 7.16. The first kappa shape index (κ1) is 20.3. The van der Waals surface area contributed by atoms with E-state index in [1.165, 1.54) is 22.3 Å². The van der Waals surface area contributed by atoms with Crippen LogP contribution in [0.2, 0.25) is 0 Å². The van der Waals surface area contributed by atoms with Crippen LogP contribution in [0.25, 0.3) is 87.6 Å². The van der Waals surface area contributed by atoms with Crippen molar-refractivity contribution in [3.8, 4) is 33.4 Å². The van der Waals surface area contributed by atoms with Gasteiger partial charge >= 0.3 is 0 Å². The van der Waals surface area contributed by atoms with Crippen molar-refractivity contribution in [3.63, 3.8) is 0 Å². The normalized spacial score (nSPS) is 13.0. The van der Waals surface area contributed by atoms with Crippen LogP contribution in [0.5, 0.6) is 0 Å². The predicted octanol–water partition coefficient (Wildman–Crippen LogP) is 12.0. The summed E-state index contributed by atoms with van der Waals surface area (Å²) < 4.78 is 40.2. The van der Waals surface area contributed by atoms with Crippen LogP contribution < -0.4 is 0 Å². The first-order valence-corrected chi connectivity index (χ1v) is 14.4. The number of hydrogen-bond acceptors (Lipinski definition) is 1. The van der Waals surface area contributed by atoms with E-state index in [9.17, 15) is 0 Å². The Hall–Kier alpha value is -5.66. The van der Waals surface area contributed by atoms with Crippen molar-refractivity contribution in [1.29, 1.82) is 0 Å². The van der Waals surface area contributed by atoms with Crippen LogP contribution in [0.3, 0.4) is 0 Å². The van der Waals surface area contributed by atoms with Crippen LogP contribution in [0.4, 0.5) is 0 Å². The Balaban J connectivity index is 1.39. The molecule has 0 aliphatic heterocycles. The minimum atomic E-state index is -0.245. The highest BCUT2D eigenvalue weighted by Gasteiger charge is 2.21. The molecule has 1 heteroatoms. The zero-order chi connectivity index (χ0) is 31.8. The van der Waals surface area contributed by atoms with Crippen molar-refractivity contribution in [2.75, 3.05) is 0 Å². The van der Waals surface area contributed by atoms with Gasteiger partial charge in [0.15, 0.2) is 0 Å². The predicted molar refractivity (Wildman–Crippen MR) is 183 cm³/mol. The topological polar surface area (TPSA) is 13.1 Å². The molecule has 0 aliphatic carbocycles. The molecule has 0 unspecified atom stereocenters. The fourth-order valence-electron chi connectivity index (χ4n) is 6.72. The van der Waals surface area contributed by atoms with Crippen LogP contribution >= 0.6 is 0 Å². The Labute approximate surface area is 254 Å². The zero-order valence-corrected chi connectivity index (χ0v) is 23.1. The number of furan rings is 1. The van der Waals surface area contributed by atoms with Gasteiger partial charge in [0.2, 0.25) is 0 Å². The van der Waals surface area contributed by atoms with Crippen molar-refractivity contribution in [2.24, 2.45) is 0 Å². The van der Waals surface area contributed by atoms with Crippen LogP contribution in [0, 0.1) is 0 Å². The van der Waals surface area contributed by atoms with Crippen molar-refractivity contribution < 1.29 is 9.90 Å². The molecule has 0 spiro atoms. The third-order valence-corrected chi connectivity index (χ3v) is 8.58. The second-order valence-corrected chi connectivity index (χ2v) is 10.9. The third kappa shape index (κ3) is 3.65. The van der Waals surface area contributed by atoms with E-state index in [1.54, 1.807) is 6.07 Å². The number of para-hydroxylation sites is 1. The summed E-state index contributed by atoms with van der Waals surface area (Å²) >= 11 is 0. The monoisotopic (exact) mass is 550 g/mol. The van der Waals surface area contributed by atoms with Crippen molar-refractivity contribution >= 4 is 54.3 Å². The van der Waals surface area contributed by atoms with Gasteiger partial charge in [0.05, 0.1) is 5.48 Å². The van der Waals surface area contributed by atoms with Crippen LogP contribution in [-0.4, -0.2) is 0 Å². The molecule has 1 aromatic heterocycles. The van der Waals surface area contributed by atoms with Crippen molar-refractivity contribution in [2.45, 2.75) is 0 Å². The van der Waals surface area contributed by atoms with Gasteiger partial charge in [-0.2, -0.15) is 0 Å². The molecule has 0 aliphatic rings. The fraction of sp³-hybridized carbons (Fsp3) is 0. The summed E-state index contributed by atoms with van der Waals surface area (Å²) in [6.45, 7) is 0. The maximum Gasteiger partial charge on any atom is 0.143 e. The lowest BCUT2D eigenvalue weighted by atomic mass is 9.83. The number of hydrogen-bond donors (Lipinski definition) is 0. The molecule has 0 fully saturated rings. The summed E-state index contributed by atoms with van der Waals surface area (Å²) in [6.07, 6.45) is 0. The van der Waals surface area contributed by atoms with Crippen molar-refractivity contribution in [1.82, 2.24) is 0 Å². The first-order chi connectivity index (χ1) is 23.0. The molecule has 0 saturated carbocycles. The summed E-state index contributed by atoms with van der Waals surface area (Å²) in [5.74, 6) is 0. The lowest BCUT2D eigenvalue weighted by Crippen LogP contribution is -1.92. The molecule has 9 aromatic rings. The lowest BCUT2D eigenvalue weighted by molar-refractivity contribution is 0.670. The fourth-order valence-corrected chi connectivity index (χ4v) is 6.72. The molecule has 8 aromatic carbocycles. The molecule has 9 rings (SSSR count). The summed E-state index contributed by atoms with van der Waals surface area (Å²) in [7, 11) is 0. The Morgan fingerprint density at radius 1 is 0.419 bits per heavy atom. The van der Waals surface area contributed by atoms with E-state index in [4.69, 9.17) is 9.90 Å². The highest BCUT2D eigenvalue weighted by atomic mass is 16.3. The Morgan fingerprint density at radius 2 is 0.930 bits per heavy atom. The van der Waals surface area contributed by atoms with Crippen LogP contribution in [0.15, 0.2) is 162 Å². The molecular formula is C42H26O. The molecule has 0 amide bonds. The standard InChI is InChI=1S/C42H26O/c1-2-13-27(14-3-1)30-17-6-7-18-31(30)40-32-19-8-10-21-34(32)41(35-22-11-9-20-33(35)40)37-24-12-23-36-38-25-28-15-4-5-16-29(28)26-39(38)43-42(36)37/h1-26H/i4D,5D,15D,16D. The molecule has 0 N–H and O–H groups in total. The van der Waals surface area contributed by atoms with Crippen LogP contribution in [-0.2, 0) is 0 Å². The Bertz CT molecular complexity index is 2670. The minimum absolute atomic E-state index is 0.0447. The first-order valence-electron chi connectivity index (χ1n) is 16.4. The molecule has 43 heavy (non-hydrogen) atoms. The maximum atomic E-state index is 8.56. The molecule has 0 bridgehead atoms. The average molecular weight is 551 g/mol. The van der Waals surface area contributed by atoms with Crippen LogP contribution in [0.1, 0.15) is 5.48 Å². The van der Waals surface area contributed by atoms with Gasteiger partial charge in [0.1, 0.15) is 11.2 Å². The van der Waals surface area contributed by atoms with E-state index in [1.807, 2.05) is 24.3 Å². The van der Waals surface area contributed by atoms with Gasteiger partial charge in [-0.15, -0.1) is 0 Å². The molecule has 1 nitrogen and oxygen atoms in total. The van der Waals surface area contributed by atoms with E-state index in [0.717, 1.165) is 49.0 Å². The molecule has 0 atom stereocenters. The van der Waals surface area contributed by atoms with E-state index in [2.05, 4.69) is 103 Å². The van der Waals surface area contributed by atoms with Gasteiger partial charge in [0, 0.05) is 21.9 Å². The van der Waals surface area contributed by atoms with E-state index in [0.29, 0.717) is 16.4 Å². The quantitative estimate of drug-likeness (QED) is 0.199. The highest BCUT2D eigenvalue weighted by Crippen LogP contribution is 2.48. The van der Waals surface area contributed by atoms with E-state index >= 15 is 0 Å². The second kappa shape index (κ2) is 9.44. The minimum Gasteiger partial charge on any atom is -0.455 e. The molecule has 0 saturated heterocycles. The number of rotatable bonds is 3. The average Bonchev–Trinajstić information content (AvgIpc) is 3.50.